The van der Waals surface area contributed by atoms with Gasteiger partial charge in [0.15, 0.2) is 0 Å². The molecule has 1 aromatic carbocycles. The van der Waals surface area contributed by atoms with Crippen molar-refractivity contribution in [2.75, 3.05) is 19.6 Å². The lowest BCUT2D eigenvalue weighted by molar-refractivity contribution is 0.0853. The second-order valence-corrected chi connectivity index (χ2v) is 7.26. The van der Waals surface area contributed by atoms with Gasteiger partial charge < -0.3 is 10.0 Å². The highest BCUT2D eigenvalue weighted by Crippen LogP contribution is 2.31. The van der Waals surface area contributed by atoms with E-state index in [1.165, 1.54) is 25.3 Å². The topological polar surface area (TPSA) is 23.5 Å². The number of benzene rings is 1. The molecule has 0 saturated carbocycles. The molecule has 1 heterocycles. The van der Waals surface area contributed by atoms with Crippen LogP contribution in [0.3, 0.4) is 0 Å². The van der Waals surface area contributed by atoms with E-state index in [0.29, 0.717) is 11.0 Å². The van der Waals surface area contributed by atoms with E-state index in [1.807, 2.05) is 6.92 Å². The summed E-state index contributed by atoms with van der Waals surface area (Å²) < 4.78 is 13.8. The largest absolute Gasteiger partial charge is 0.388 e. The Morgan fingerprint density at radius 3 is 2.67 bits per heavy atom. The second-order valence-electron chi connectivity index (χ2n) is 7.26. The molecule has 0 aromatic heterocycles. The predicted octanol–water partition coefficient (Wildman–Crippen LogP) is 4.01. The van der Waals surface area contributed by atoms with Gasteiger partial charge in [-0.15, -0.1) is 0 Å². The molecule has 2 unspecified atom stereocenters. The molecule has 118 valence electrons. The van der Waals surface area contributed by atoms with E-state index in [0.717, 1.165) is 19.6 Å². The van der Waals surface area contributed by atoms with Gasteiger partial charge in [-0.2, -0.15) is 0 Å². The van der Waals surface area contributed by atoms with Gasteiger partial charge in [-0.05, 0) is 49.8 Å². The highest BCUT2D eigenvalue weighted by Gasteiger charge is 2.26. The Labute approximate surface area is 128 Å². The first-order valence-electron chi connectivity index (χ1n) is 8.04. The van der Waals surface area contributed by atoms with Crippen molar-refractivity contribution in [3.8, 4) is 0 Å². The summed E-state index contributed by atoms with van der Waals surface area (Å²) in [4.78, 5) is 2.42. The molecule has 1 N–H and O–H groups in total. The minimum absolute atomic E-state index is 0.0307. The molecule has 21 heavy (non-hydrogen) atoms. The minimum Gasteiger partial charge on any atom is -0.388 e. The first kappa shape index (κ1) is 16.4. The van der Waals surface area contributed by atoms with Crippen LogP contribution >= 0.6 is 0 Å². The van der Waals surface area contributed by atoms with Gasteiger partial charge in [-0.1, -0.05) is 39.0 Å². The van der Waals surface area contributed by atoms with Gasteiger partial charge in [0.25, 0.3) is 0 Å². The summed E-state index contributed by atoms with van der Waals surface area (Å²) in [7, 11) is 0. The van der Waals surface area contributed by atoms with Gasteiger partial charge in [0.05, 0.1) is 6.10 Å². The lowest BCUT2D eigenvalue weighted by Crippen LogP contribution is -2.32. The van der Waals surface area contributed by atoms with Gasteiger partial charge in [-0.25, -0.2) is 4.39 Å². The van der Waals surface area contributed by atoms with Crippen LogP contribution in [0.5, 0.6) is 0 Å². The first-order chi connectivity index (χ1) is 9.89. The molecule has 2 nitrogen and oxygen atoms in total. The van der Waals surface area contributed by atoms with E-state index < -0.39 is 6.10 Å². The van der Waals surface area contributed by atoms with Crippen LogP contribution in [-0.4, -0.2) is 29.6 Å². The fraction of sp³-hybridized carbons (Fsp3) is 0.667. The van der Waals surface area contributed by atoms with Crippen molar-refractivity contribution in [2.24, 2.45) is 11.3 Å². The summed E-state index contributed by atoms with van der Waals surface area (Å²) in [6.45, 7) is 9.64. The van der Waals surface area contributed by atoms with Crippen molar-refractivity contribution in [2.45, 2.75) is 46.1 Å². The van der Waals surface area contributed by atoms with Crippen LogP contribution in [0.25, 0.3) is 0 Å². The Kier molecular flexibility index (Phi) is 5.39. The zero-order valence-corrected chi connectivity index (χ0v) is 13.5. The van der Waals surface area contributed by atoms with Crippen LogP contribution in [-0.2, 0) is 0 Å². The van der Waals surface area contributed by atoms with Crippen molar-refractivity contribution >= 4 is 0 Å². The highest BCUT2D eigenvalue weighted by molar-refractivity contribution is 5.20. The quantitative estimate of drug-likeness (QED) is 0.906. The van der Waals surface area contributed by atoms with Gasteiger partial charge in [0.1, 0.15) is 5.82 Å². The third-order valence-corrected chi connectivity index (χ3v) is 4.74. The third-order valence-electron chi connectivity index (χ3n) is 4.74. The van der Waals surface area contributed by atoms with Crippen LogP contribution in [0.4, 0.5) is 4.39 Å². The predicted molar refractivity (Wildman–Crippen MR) is 84.6 cm³/mol. The normalized spacial score (nSPS) is 22.5. The Morgan fingerprint density at radius 2 is 1.95 bits per heavy atom. The zero-order valence-electron chi connectivity index (χ0n) is 13.5. The molecule has 2 rings (SSSR count). The Bertz CT molecular complexity index is 460. The van der Waals surface area contributed by atoms with Crippen LogP contribution in [0.2, 0.25) is 0 Å². The van der Waals surface area contributed by atoms with E-state index in [9.17, 15) is 9.50 Å². The molecule has 1 fully saturated rings. The van der Waals surface area contributed by atoms with Gasteiger partial charge in [0, 0.05) is 12.1 Å². The summed E-state index contributed by atoms with van der Waals surface area (Å²) in [6.07, 6.45) is 2.92. The molecule has 0 bridgehead atoms. The maximum Gasteiger partial charge on any atom is 0.129 e. The maximum atomic E-state index is 13.8. The van der Waals surface area contributed by atoms with Gasteiger partial charge in [-0.3, -0.25) is 0 Å². The van der Waals surface area contributed by atoms with E-state index in [-0.39, 0.29) is 11.7 Å². The smallest absolute Gasteiger partial charge is 0.129 e. The fourth-order valence-corrected chi connectivity index (χ4v) is 3.19. The Balaban J connectivity index is 1.95. The first-order valence-corrected chi connectivity index (χ1v) is 8.04. The summed E-state index contributed by atoms with van der Waals surface area (Å²) in [5.74, 6) is -0.281. The number of rotatable bonds is 4. The van der Waals surface area contributed by atoms with E-state index >= 15 is 0 Å². The molecule has 1 aromatic rings. The lowest BCUT2D eigenvalue weighted by atomic mass is 9.85. The number of likely N-dealkylation sites (tertiary alicyclic amines) is 1. The molecule has 1 saturated heterocycles. The number of hydrogen-bond acceptors (Lipinski definition) is 2. The average molecular weight is 293 g/mol. The summed E-state index contributed by atoms with van der Waals surface area (Å²) in [6, 6.07) is 6.54. The summed E-state index contributed by atoms with van der Waals surface area (Å²) in [5.41, 5.74) is 0.836. The maximum absolute atomic E-state index is 13.8. The number of hydrogen-bond donors (Lipinski definition) is 1. The van der Waals surface area contributed by atoms with Crippen molar-refractivity contribution in [3.05, 3.63) is 35.6 Å². The summed E-state index contributed by atoms with van der Waals surface area (Å²) >= 11 is 0. The van der Waals surface area contributed by atoms with Gasteiger partial charge >= 0.3 is 0 Å². The minimum atomic E-state index is -0.734. The SMILES string of the molecule is CC(CN1CCCC(C)(C)CC1)C(O)c1ccccc1F. The second kappa shape index (κ2) is 6.89. The lowest BCUT2D eigenvalue weighted by Gasteiger charge is -2.28. The van der Waals surface area contributed by atoms with E-state index in [4.69, 9.17) is 0 Å². The molecule has 0 amide bonds. The average Bonchev–Trinajstić information content (AvgIpc) is 2.60. The number of aliphatic hydroxyl groups is 1. The Hall–Kier alpha value is -0.930. The molecular weight excluding hydrogens is 265 g/mol. The van der Waals surface area contributed by atoms with Crippen LogP contribution < -0.4 is 0 Å². The van der Waals surface area contributed by atoms with Crippen molar-refractivity contribution in [1.29, 1.82) is 0 Å². The number of halogens is 1. The molecule has 0 spiro atoms. The van der Waals surface area contributed by atoms with Crippen molar-refractivity contribution in [3.63, 3.8) is 0 Å². The van der Waals surface area contributed by atoms with Gasteiger partial charge in [0.2, 0.25) is 0 Å². The number of nitrogens with zero attached hydrogens (tertiary/aromatic N) is 1. The van der Waals surface area contributed by atoms with Crippen LogP contribution in [0.1, 0.15) is 51.7 Å². The monoisotopic (exact) mass is 293 g/mol. The molecule has 0 radical (unpaired) electrons. The van der Waals surface area contributed by atoms with Crippen molar-refractivity contribution in [1.82, 2.24) is 4.90 Å². The van der Waals surface area contributed by atoms with Crippen LogP contribution in [0.15, 0.2) is 24.3 Å². The molecule has 1 aliphatic heterocycles. The molecular formula is C18H28FNO. The summed E-state index contributed by atoms with van der Waals surface area (Å²) in [5, 5.41) is 10.4. The third kappa shape index (κ3) is 4.52. The zero-order chi connectivity index (χ0) is 15.5. The standard InChI is InChI=1S/C18H28FNO/c1-14(17(21)15-7-4-5-8-16(15)19)13-20-11-6-9-18(2,3)10-12-20/h4-5,7-8,14,17,21H,6,9-13H2,1-3H3. The molecule has 3 heteroatoms. The van der Waals surface area contributed by atoms with Crippen molar-refractivity contribution < 1.29 is 9.50 Å². The van der Waals surface area contributed by atoms with E-state index in [1.54, 1.807) is 18.2 Å². The number of aliphatic hydroxyl groups excluding tert-OH is 1. The fourth-order valence-electron chi connectivity index (χ4n) is 3.19. The molecule has 0 aliphatic carbocycles. The van der Waals surface area contributed by atoms with E-state index in [2.05, 4.69) is 18.7 Å². The molecule has 2 atom stereocenters. The van der Waals surface area contributed by atoms with Crippen LogP contribution in [0, 0.1) is 17.2 Å². The molecule has 1 aliphatic rings. The Morgan fingerprint density at radius 1 is 1.24 bits per heavy atom. The highest BCUT2D eigenvalue weighted by atomic mass is 19.1.